The fraction of sp³-hybridized carbons (Fsp3) is 0.600. The van der Waals surface area contributed by atoms with Crippen molar-refractivity contribution < 1.29 is 9.53 Å². The lowest BCUT2D eigenvalue weighted by molar-refractivity contribution is 0.0374. The standard InChI is InChI=1S/C15H24N4O2/c1-18(2)14-12-13(4-6-16-14)15(20)17-5-3-7-19-8-10-21-11-9-19/h4,6,12H,3,5,7-11H2,1-2H3,(H,17,20). The average Bonchev–Trinajstić information content (AvgIpc) is 2.52. The molecule has 0 unspecified atom stereocenters. The highest BCUT2D eigenvalue weighted by atomic mass is 16.5. The van der Waals surface area contributed by atoms with Crippen LogP contribution in [0.2, 0.25) is 0 Å². The summed E-state index contributed by atoms with van der Waals surface area (Å²) in [6, 6.07) is 3.54. The maximum Gasteiger partial charge on any atom is 0.251 e. The minimum absolute atomic E-state index is 0.0394. The number of hydrogen-bond donors (Lipinski definition) is 1. The van der Waals surface area contributed by atoms with E-state index >= 15 is 0 Å². The van der Waals surface area contributed by atoms with Crippen LogP contribution in [0.4, 0.5) is 5.82 Å². The number of carbonyl (C=O) groups is 1. The van der Waals surface area contributed by atoms with Crippen molar-refractivity contribution in [2.24, 2.45) is 0 Å². The van der Waals surface area contributed by atoms with Crippen LogP contribution in [0.5, 0.6) is 0 Å². The Hall–Kier alpha value is -1.66. The molecule has 1 aliphatic rings. The van der Waals surface area contributed by atoms with Crippen molar-refractivity contribution in [2.75, 3.05) is 58.4 Å². The van der Waals surface area contributed by atoms with Crippen LogP contribution in [-0.2, 0) is 4.74 Å². The Morgan fingerprint density at radius 2 is 2.19 bits per heavy atom. The highest BCUT2D eigenvalue weighted by Crippen LogP contribution is 2.09. The van der Waals surface area contributed by atoms with Gasteiger partial charge in [-0.15, -0.1) is 0 Å². The summed E-state index contributed by atoms with van der Waals surface area (Å²) >= 11 is 0. The predicted octanol–water partition coefficient (Wildman–Crippen LogP) is 0.600. The first-order valence-corrected chi connectivity index (χ1v) is 7.38. The van der Waals surface area contributed by atoms with E-state index in [2.05, 4.69) is 15.2 Å². The van der Waals surface area contributed by atoms with Crippen LogP contribution >= 0.6 is 0 Å². The summed E-state index contributed by atoms with van der Waals surface area (Å²) in [5.41, 5.74) is 0.653. The molecule has 0 atom stereocenters. The Kier molecular flexibility index (Phi) is 5.95. The molecule has 0 aliphatic carbocycles. The molecule has 6 nitrogen and oxygen atoms in total. The summed E-state index contributed by atoms with van der Waals surface area (Å²) in [6.07, 6.45) is 2.62. The maximum atomic E-state index is 12.1. The molecular formula is C15H24N4O2. The zero-order chi connectivity index (χ0) is 15.1. The quantitative estimate of drug-likeness (QED) is 0.778. The molecule has 0 aromatic carbocycles. The molecular weight excluding hydrogens is 268 g/mol. The molecule has 6 heteroatoms. The number of hydrogen-bond acceptors (Lipinski definition) is 5. The Morgan fingerprint density at radius 1 is 1.43 bits per heavy atom. The molecule has 1 saturated heterocycles. The fourth-order valence-corrected chi connectivity index (χ4v) is 2.24. The van der Waals surface area contributed by atoms with Gasteiger partial charge in [0.05, 0.1) is 13.2 Å². The first-order chi connectivity index (χ1) is 10.2. The molecule has 0 radical (unpaired) electrons. The predicted molar refractivity (Wildman–Crippen MR) is 82.8 cm³/mol. The lowest BCUT2D eigenvalue weighted by Gasteiger charge is -2.26. The van der Waals surface area contributed by atoms with Gasteiger partial charge in [-0.1, -0.05) is 0 Å². The summed E-state index contributed by atoms with van der Waals surface area (Å²) < 4.78 is 5.31. The SMILES string of the molecule is CN(C)c1cc(C(=O)NCCCN2CCOCC2)ccn1. The van der Waals surface area contributed by atoms with Crippen molar-refractivity contribution in [3.05, 3.63) is 23.9 Å². The average molecular weight is 292 g/mol. The third-order valence-corrected chi connectivity index (χ3v) is 3.51. The summed E-state index contributed by atoms with van der Waals surface area (Å²) in [5, 5.41) is 2.96. The van der Waals surface area contributed by atoms with Crippen LogP contribution in [0.3, 0.4) is 0 Å². The molecule has 0 spiro atoms. The van der Waals surface area contributed by atoms with E-state index in [1.807, 2.05) is 19.0 Å². The second kappa shape index (κ2) is 7.95. The Morgan fingerprint density at radius 3 is 2.90 bits per heavy atom. The number of pyridine rings is 1. The minimum Gasteiger partial charge on any atom is -0.379 e. The van der Waals surface area contributed by atoms with Gasteiger partial charge in [0.15, 0.2) is 0 Å². The van der Waals surface area contributed by atoms with Gasteiger partial charge in [-0.3, -0.25) is 9.69 Å². The number of morpholine rings is 1. The molecule has 2 rings (SSSR count). The molecule has 2 heterocycles. The zero-order valence-electron chi connectivity index (χ0n) is 12.8. The van der Waals surface area contributed by atoms with Crippen LogP contribution in [0, 0.1) is 0 Å². The lowest BCUT2D eigenvalue weighted by atomic mass is 10.2. The van der Waals surface area contributed by atoms with E-state index in [1.54, 1.807) is 18.3 Å². The molecule has 1 N–H and O–H groups in total. The highest BCUT2D eigenvalue weighted by Gasteiger charge is 2.10. The first kappa shape index (κ1) is 15.7. The van der Waals surface area contributed by atoms with Crippen molar-refractivity contribution in [3.8, 4) is 0 Å². The van der Waals surface area contributed by atoms with Crippen LogP contribution < -0.4 is 10.2 Å². The molecule has 0 bridgehead atoms. The Balaban J connectivity index is 1.72. The lowest BCUT2D eigenvalue weighted by Crippen LogP contribution is -2.38. The number of nitrogens with one attached hydrogen (secondary N) is 1. The van der Waals surface area contributed by atoms with E-state index in [9.17, 15) is 4.79 Å². The van der Waals surface area contributed by atoms with Gasteiger partial charge >= 0.3 is 0 Å². The van der Waals surface area contributed by atoms with E-state index in [0.29, 0.717) is 12.1 Å². The fourth-order valence-electron chi connectivity index (χ4n) is 2.24. The van der Waals surface area contributed by atoms with Gasteiger partial charge in [0.25, 0.3) is 5.91 Å². The van der Waals surface area contributed by atoms with Crippen molar-refractivity contribution in [1.29, 1.82) is 0 Å². The number of carbonyl (C=O) groups excluding carboxylic acids is 1. The number of rotatable bonds is 6. The van der Waals surface area contributed by atoms with E-state index in [1.165, 1.54) is 0 Å². The minimum atomic E-state index is -0.0394. The number of ether oxygens (including phenoxy) is 1. The van der Waals surface area contributed by atoms with E-state index in [4.69, 9.17) is 4.74 Å². The van der Waals surface area contributed by atoms with E-state index in [-0.39, 0.29) is 5.91 Å². The number of anilines is 1. The van der Waals surface area contributed by atoms with Gasteiger partial charge in [-0.25, -0.2) is 4.98 Å². The van der Waals surface area contributed by atoms with Gasteiger partial charge in [0.2, 0.25) is 0 Å². The molecule has 1 amide bonds. The Labute approximate surface area is 126 Å². The molecule has 1 aromatic rings. The second-order valence-electron chi connectivity index (χ2n) is 5.36. The van der Waals surface area contributed by atoms with Gasteiger partial charge in [0.1, 0.15) is 5.82 Å². The second-order valence-corrected chi connectivity index (χ2v) is 5.36. The van der Waals surface area contributed by atoms with E-state index in [0.717, 1.165) is 45.1 Å². The molecule has 116 valence electrons. The van der Waals surface area contributed by atoms with Crippen LogP contribution in [-0.4, -0.2) is 69.3 Å². The van der Waals surface area contributed by atoms with Crippen LogP contribution in [0.15, 0.2) is 18.3 Å². The smallest absolute Gasteiger partial charge is 0.251 e. The first-order valence-electron chi connectivity index (χ1n) is 7.38. The van der Waals surface area contributed by atoms with Crippen molar-refractivity contribution >= 4 is 11.7 Å². The third kappa shape index (κ3) is 4.99. The van der Waals surface area contributed by atoms with Crippen molar-refractivity contribution in [3.63, 3.8) is 0 Å². The number of aromatic nitrogens is 1. The Bertz CT molecular complexity index is 459. The zero-order valence-corrected chi connectivity index (χ0v) is 12.8. The van der Waals surface area contributed by atoms with Gasteiger partial charge in [-0.05, 0) is 25.1 Å². The largest absolute Gasteiger partial charge is 0.379 e. The summed E-state index contributed by atoms with van der Waals surface area (Å²) in [7, 11) is 3.82. The van der Waals surface area contributed by atoms with Crippen molar-refractivity contribution in [2.45, 2.75) is 6.42 Å². The normalized spacial score (nSPS) is 15.7. The summed E-state index contributed by atoms with van der Waals surface area (Å²) in [4.78, 5) is 20.5. The molecule has 21 heavy (non-hydrogen) atoms. The van der Waals surface area contributed by atoms with Crippen molar-refractivity contribution in [1.82, 2.24) is 15.2 Å². The van der Waals surface area contributed by atoms with Gasteiger partial charge in [-0.2, -0.15) is 0 Å². The topological polar surface area (TPSA) is 57.7 Å². The monoisotopic (exact) mass is 292 g/mol. The number of nitrogens with zero attached hydrogens (tertiary/aromatic N) is 3. The summed E-state index contributed by atoms with van der Waals surface area (Å²) in [6.45, 7) is 5.31. The van der Waals surface area contributed by atoms with Gasteiger partial charge < -0.3 is 15.0 Å². The van der Waals surface area contributed by atoms with Crippen LogP contribution in [0.1, 0.15) is 16.8 Å². The molecule has 1 aliphatic heterocycles. The number of amides is 1. The van der Waals surface area contributed by atoms with Crippen LogP contribution in [0.25, 0.3) is 0 Å². The third-order valence-electron chi connectivity index (χ3n) is 3.51. The van der Waals surface area contributed by atoms with Gasteiger partial charge in [0, 0.05) is 45.5 Å². The highest BCUT2D eigenvalue weighted by molar-refractivity contribution is 5.94. The maximum absolute atomic E-state index is 12.1. The van der Waals surface area contributed by atoms with E-state index < -0.39 is 0 Å². The molecule has 0 saturated carbocycles. The molecule has 1 fully saturated rings. The summed E-state index contributed by atoms with van der Waals surface area (Å²) in [5.74, 6) is 0.749. The molecule has 1 aromatic heterocycles.